The van der Waals surface area contributed by atoms with Gasteiger partial charge < -0.3 is 10.1 Å². The molecule has 6 nitrogen and oxygen atoms in total. The lowest BCUT2D eigenvalue weighted by atomic mass is 9.80. The number of amides is 1. The molecule has 2 aromatic heterocycles. The van der Waals surface area contributed by atoms with Crippen LogP contribution < -0.4 is 10.1 Å². The number of nitrogens with one attached hydrogen (secondary N) is 2. The summed E-state index contributed by atoms with van der Waals surface area (Å²) >= 11 is 7.57. The van der Waals surface area contributed by atoms with Gasteiger partial charge in [0.15, 0.2) is 5.82 Å². The van der Waals surface area contributed by atoms with E-state index in [2.05, 4.69) is 32.6 Å². The first-order chi connectivity index (χ1) is 16.6. The number of carbonyl (C=O) groups is 1. The number of H-pyrrole nitrogens is 1. The fraction of sp³-hybridized carbons (Fsp3) is 0.192. The summed E-state index contributed by atoms with van der Waals surface area (Å²) in [5.41, 5.74) is 2.91. The SMILES string of the molecule is O=C(Cc1cccc2ccccc12)Nc1cc(C2CC(Oc3nc4ccc(Cl)cc4s3)C2)[nH]n1. The van der Waals surface area contributed by atoms with Gasteiger partial charge >= 0.3 is 0 Å². The lowest BCUT2D eigenvalue weighted by Gasteiger charge is -2.33. The summed E-state index contributed by atoms with van der Waals surface area (Å²) in [4.78, 5) is 17.2. The van der Waals surface area contributed by atoms with Crippen LogP contribution in [0.2, 0.25) is 5.02 Å². The zero-order chi connectivity index (χ0) is 23.1. The Balaban J connectivity index is 1.04. The number of aromatic nitrogens is 3. The Bertz CT molecular complexity index is 1500. The molecule has 0 spiro atoms. The Hall–Kier alpha value is -3.42. The number of aromatic amines is 1. The van der Waals surface area contributed by atoms with Crippen LogP contribution in [0.5, 0.6) is 5.19 Å². The van der Waals surface area contributed by atoms with Crippen molar-refractivity contribution in [2.24, 2.45) is 0 Å². The van der Waals surface area contributed by atoms with E-state index in [-0.39, 0.29) is 12.0 Å². The largest absolute Gasteiger partial charge is 0.467 e. The van der Waals surface area contributed by atoms with Crippen molar-refractivity contribution in [3.05, 3.63) is 83.0 Å². The van der Waals surface area contributed by atoms with E-state index in [4.69, 9.17) is 16.3 Å². The van der Waals surface area contributed by atoms with E-state index in [1.54, 1.807) is 0 Å². The molecule has 2 N–H and O–H groups in total. The van der Waals surface area contributed by atoms with E-state index in [9.17, 15) is 4.79 Å². The maximum atomic E-state index is 12.6. The van der Waals surface area contributed by atoms with E-state index in [0.29, 0.717) is 28.4 Å². The molecule has 3 aromatic carbocycles. The van der Waals surface area contributed by atoms with Crippen LogP contribution in [0.1, 0.15) is 30.0 Å². The van der Waals surface area contributed by atoms with Gasteiger partial charge in [0.2, 0.25) is 5.91 Å². The molecule has 0 aliphatic heterocycles. The van der Waals surface area contributed by atoms with Gasteiger partial charge in [-0.3, -0.25) is 9.89 Å². The molecule has 8 heteroatoms. The van der Waals surface area contributed by atoms with Gasteiger partial charge in [0, 0.05) is 22.7 Å². The Morgan fingerprint density at radius 1 is 1.12 bits per heavy atom. The van der Waals surface area contributed by atoms with Crippen molar-refractivity contribution in [1.82, 2.24) is 15.2 Å². The number of benzene rings is 3. The van der Waals surface area contributed by atoms with Gasteiger partial charge in [-0.05, 0) is 47.4 Å². The van der Waals surface area contributed by atoms with Crippen LogP contribution in [0.4, 0.5) is 5.82 Å². The molecule has 170 valence electrons. The Morgan fingerprint density at radius 3 is 2.88 bits per heavy atom. The summed E-state index contributed by atoms with van der Waals surface area (Å²) in [6.07, 6.45) is 2.18. The van der Waals surface area contributed by atoms with Crippen molar-refractivity contribution in [3.8, 4) is 5.19 Å². The highest BCUT2D eigenvalue weighted by Crippen LogP contribution is 2.40. The number of rotatable bonds is 6. The van der Waals surface area contributed by atoms with E-state index >= 15 is 0 Å². The molecule has 1 saturated carbocycles. The number of nitrogens with zero attached hydrogens (tertiary/aromatic N) is 2. The van der Waals surface area contributed by atoms with Crippen LogP contribution in [0.25, 0.3) is 21.0 Å². The van der Waals surface area contributed by atoms with Crippen molar-refractivity contribution in [1.29, 1.82) is 0 Å². The van der Waals surface area contributed by atoms with Crippen molar-refractivity contribution in [3.63, 3.8) is 0 Å². The second-order valence-corrected chi connectivity index (χ2v) is 10.0. The minimum Gasteiger partial charge on any atom is -0.467 e. The van der Waals surface area contributed by atoms with Gasteiger partial charge in [0.25, 0.3) is 5.19 Å². The van der Waals surface area contributed by atoms with Gasteiger partial charge in [-0.2, -0.15) is 5.10 Å². The molecule has 0 saturated heterocycles. The molecular formula is C26H21ClN4O2S. The predicted molar refractivity (Wildman–Crippen MR) is 136 cm³/mol. The van der Waals surface area contributed by atoms with Gasteiger partial charge in [0.05, 0.1) is 16.6 Å². The first-order valence-corrected chi connectivity index (χ1v) is 12.3. The summed E-state index contributed by atoms with van der Waals surface area (Å²) < 4.78 is 7.08. The second kappa shape index (κ2) is 8.74. The highest BCUT2D eigenvalue weighted by atomic mass is 35.5. The van der Waals surface area contributed by atoms with Crippen LogP contribution in [0.15, 0.2) is 66.7 Å². The van der Waals surface area contributed by atoms with Crippen molar-refractivity contribution >= 4 is 55.7 Å². The van der Waals surface area contributed by atoms with Gasteiger partial charge in [-0.25, -0.2) is 4.98 Å². The normalized spacial score (nSPS) is 17.6. The monoisotopic (exact) mass is 488 g/mol. The standard InChI is InChI=1S/C26H21ClN4O2S/c27-18-8-9-21-23(13-18)34-26(28-21)33-19-10-17(11-19)22-14-24(31-30-22)29-25(32)12-16-6-3-5-15-4-1-2-7-20(15)16/h1-9,13-14,17,19H,10-12H2,(H2,29,30,31,32). The maximum absolute atomic E-state index is 12.6. The number of anilines is 1. The average Bonchev–Trinajstić information content (AvgIpc) is 3.42. The van der Waals surface area contributed by atoms with Crippen molar-refractivity contribution in [2.75, 3.05) is 5.32 Å². The fourth-order valence-corrected chi connectivity index (χ4v) is 5.56. The van der Waals surface area contributed by atoms with Crippen LogP contribution >= 0.6 is 22.9 Å². The van der Waals surface area contributed by atoms with E-state index < -0.39 is 0 Å². The predicted octanol–water partition coefficient (Wildman–Crippen LogP) is 6.33. The third-order valence-electron chi connectivity index (χ3n) is 6.23. The fourth-order valence-electron chi connectivity index (χ4n) is 4.40. The molecule has 0 bridgehead atoms. The lowest BCUT2D eigenvalue weighted by Crippen LogP contribution is -2.32. The molecule has 1 aliphatic rings. The van der Waals surface area contributed by atoms with E-state index in [1.807, 2.05) is 54.6 Å². The highest BCUT2D eigenvalue weighted by molar-refractivity contribution is 7.20. The number of thiazole rings is 1. The number of ether oxygens (including phenoxy) is 1. The molecule has 0 radical (unpaired) electrons. The molecule has 0 unspecified atom stereocenters. The molecule has 34 heavy (non-hydrogen) atoms. The van der Waals surface area contributed by atoms with Crippen molar-refractivity contribution in [2.45, 2.75) is 31.3 Å². The van der Waals surface area contributed by atoms with Gasteiger partial charge in [0.1, 0.15) is 6.10 Å². The Kier molecular flexibility index (Phi) is 5.43. The first kappa shape index (κ1) is 21.1. The minimum absolute atomic E-state index is 0.0832. The molecule has 0 atom stereocenters. The lowest BCUT2D eigenvalue weighted by molar-refractivity contribution is -0.115. The second-order valence-electron chi connectivity index (χ2n) is 8.57. The third kappa shape index (κ3) is 4.24. The number of carbonyl (C=O) groups excluding carboxylic acids is 1. The maximum Gasteiger partial charge on any atom is 0.274 e. The van der Waals surface area contributed by atoms with E-state index in [1.165, 1.54) is 11.3 Å². The number of hydrogen-bond acceptors (Lipinski definition) is 5. The van der Waals surface area contributed by atoms with Crippen LogP contribution in [-0.4, -0.2) is 27.2 Å². The zero-order valence-corrected chi connectivity index (χ0v) is 19.7. The number of fused-ring (bicyclic) bond motifs is 2. The summed E-state index contributed by atoms with van der Waals surface area (Å²) in [6, 6.07) is 21.7. The van der Waals surface area contributed by atoms with Gasteiger partial charge in [-0.1, -0.05) is 65.4 Å². The molecule has 1 aliphatic carbocycles. The van der Waals surface area contributed by atoms with Crippen LogP contribution in [0, 0.1) is 0 Å². The summed E-state index contributed by atoms with van der Waals surface area (Å²) in [7, 11) is 0. The minimum atomic E-state index is -0.0832. The molecule has 1 amide bonds. The molecule has 5 aromatic rings. The average molecular weight is 489 g/mol. The molecule has 6 rings (SSSR count). The smallest absolute Gasteiger partial charge is 0.274 e. The zero-order valence-electron chi connectivity index (χ0n) is 18.1. The highest BCUT2D eigenvalue weighted by Gasteiger charge is 2.34. The first-order valence-electron chi connectivity index (χ1n) is 11.2. The van der Waals surface area contributed by atoms with E-state index in [0.717, 1.165) is 45.1 Å². The summed E-state index contributed by atoms with van der Waals surface area (Å²) in [6.45, 7) is 0. The molecule has 1 fully saturated rings. The van der Waals surface area contributed by atoms with Crippen molar-refractivity contribution < 1.29 is 9.53 Å². The Morgan fingerprint density at radius 2 is 1.97 bits per heavy atom. The topological polar surface area (TPSA) is 79.9 Å². The summed E-state index contributed by atoms with van der Waals surface area (Å²) in [5, 5.41) is 13.9. The molecular weight excluding hydrogens is 468 g/mol. The quantitative estimate of drug-likeness (QED) is 0.292. The molecule has 2 heterocycles. The van der Waals surface area contributed by atoms with Gasteiger partial charge in [-0.15, -0.1) is 0 Å². The summed E-state index contributed by atoms with van der Waals surface area (Å²) in [5.74, 6) is 0.790. The van der Waals surface area contributed by atoms with Crippen LogP contribution in [0.3, 0.4) is 0 Å². The Labute approximate surface area is 204 Å². The third-order valence-corrected chi connectivity index (χ3v) is 7.37. The number of halogens is 1. The van der Waals surface area contributed by atoms with Crippen LogP contribution in [-0.2, 0) is 11.2 Å². The number of hydrogen-bond donors (Lipinski definition) is 2.